The van der Waals surface area contributed by atoms with Crippen LogP contribution in [0.2, 0.25) is 0 Å². The smallest absolute Gasteiger partial charge is 0.311 e. The van der Waals surface area contributed by atoms with Crippen molar-refractivity contribution < 1.29 is 14.1 Å². The maximum Gasteiger partial charge on any atom is 0.311 e. The summed E-state index contributed by atoms with van der Waals surface area (Å²) in [5.41, 5.74) is 11.1. The van der Waals surface area contributed by atoms with Crippen LogP contribution in [0.4, 0.5) is 10.1 Å². The van der Waals surface area contributed by atoms with Gasteiger partial charge in [-0.1, -0.05) is 12.1 Å². The van der Waals surface area contributed by atoms with Crippen molar-refractivity contribution in [2.45, 2.75) is 6.61 Å². The maximum absolute atomic E-state index is 12.8. The average Bonchev–Trinajstić information content (AvgIpc) is 2.54. The predicted octanol–water partition coefficient (Wildman–Crippen LogP) is 1.92. The van der Waals surface area contributed by atoms with E-state index in [1.807, 2.05) is 0 Å². The zero-order valence-corrected chi connectivity index (χ0v) is 12.4. The van der Waals surface area contributed by atoms with Crippen LogP contribution in [0, 0.1) is 15.9 Å². The fraction of sp³-hybridized carbons (Fsp3) is 0.0667. The van der Waals surface area contributed by atoms with Crippen LogP contribution in [-0.4, -0.2) is 17.1 Å². The highest BCUT2D eigenvalue weighted by atomic mass is 19.1. The molecule has 0 saturated carbocycles. The number of rotatable bonds is 6. The summed E-state index contributed by atoms with van der Waals surface area (Å²) in [5, 5.41) is 18.2. The molecule has 2 aromatic carbocycles. The van der Waals surface area contributed by atoms with Gasteiger partial charge in [0.1, 0.15) is 12.4 Å². The first-order valence-corrected chi connectivity index (χ1v) is 6.73. The minimum Gasteiger partial charge on any atom is -0.482 e. The van der Waals surface area contributed by atoms with Crippen molar-refractivity contribution >= 4 is 17.9 Å². The quantitative estimate of drug-likeness (QED) is 0.361. The number of nitrogens with two attached hydrogens (primary N) is 2. The molecule has 0 aromatic heterocycles. The third-order valence-corrected chi connectivity index (χ3v) is 2.87. The van der Waals surface area contributed by atoms with Gasteiger partial charge in [0.15, 0.2) is 5.75 Å². The highest BCUT2D eigenvalue weighted by Crippen LogP contribution is 2.28. The molecule has 0 aliphatic carbocycles. The minimum absolute atomic E-state index is 0.0720. The van der Waals surface area contributed by atoms with Gasteiger partial charge >= 0.3 is 5.69 Å². The van der Waals surface area contributed by atoms with E-state index in [1.165, 1.54) is 42.6 Å². The van der Waals surface area contributed by atoms with E-state index in [0.717, 1.165) is 0 Å². The van der Waals surface area contributed by atoms with Crippen LogP contribution < -0.4 is 16.2 Å². The first-order chi connectivity index (χ1) is 11.5. The first kappa shape index (κ1) is 16.9. The molecular formula is C15H14FN5O3. The second-order valence-corrected chi connectivity index (χ2v) is 4.67. The Morgan fingerprint density at radius 1 is 1.25 bits per heavy atom. The summed E-state index contributed by atoms with van der Waals surface area (Å²) in [6.07, 6.45) is 1.27. The third kappa shape index (κ3) is 4.77. The number of hydrogen-bond donors (Lipinski definition) is 2. The molecule has 4 N–H and O–H groups in total. The topological polar surface area (TPSA) is 129 Å². The molecule has 0 aliphatic rings. The van der Waals surface area contributed by atoms with Crippen LogP contribution in [0.1, 0.15) is 11.1 Å². The third-order valence-electron chi connectivity index (χ3n) is 2.87. The number of benzene rings is 2. The van der Waals surface area contributed by atoms with Gasteiger partial charge in [-0.2, -0.15) is 5.10 Å². The van der Waals surface area contributed by atoms with Gasteiger partial charge in [0.25, 0.3) is 0 Å². The molecule has 24 heavy (non-hydrogen) atoms. The maximum atomic E-state index is 12.8. The first-order valence-electron chi connectivity index (χ1n) is 6.73. The van der Waals surface area contributed by atoms with Crippen LogP contribution in [0.5, 0.6) is 5.75 Å². The minimum atomic E-state index is -0.572. The van der Waals surface area contributed by atoms with E-state index in [2.05, 4.69) is 10.2 Å². The number of halogens is 1. The lowest BCUT2D eigenvalue weighted by molar-refractivity contribution is -0.385. The molecule has 124 valence electrons. The Morgan fingerprint density at radius 2 is 1.96 bits per heavy atom. The summed E-state index contributed by atoms with van der Waals surface area (Å²) >= 11 is 0. The molecule has 0 unspecified atom stereocenters. The Labute approximate surface area is 136 Å². The average molecular weight is 331 g/mol. The van der Waals surface area contributed by atoms with Crippen molar-refractivity contribution in [1.82, 2.24) is 0 Å². The zero-order chi connectivity index (χ0) is 17.5. The predicted molar refractivity (Wildman–Crippen MR) is 87.2 cm³/mol. The Kier molecular flexibility index (Phi) is 5.40. The van der Waals surface area contributed by atoms with Gasteiger partial charge in [-0.3, -0.25) is 10.1 Å². The van der Waals surface area contributed by atoms with Crippen LogP contribution in [0.25, 0.3) is 0 Å². The number of nitro groups is 1. The van der Waals surface area contributed by atoms with Crippen molar-refractivity contribution in [3.8, 4) is 5.75 Å². The standard InChI is InChI=1S/C15H14FN5O3/c16-12-4-1-10(2-5-12)9-24-14-6-3-11(7-13(14)21(22)23)8-19-20-15(17)18/h1-8H,9H2,(H4,17,18,20). The van der Waals surface area contributed by atoms with Crippen molar-refractivity contribution in [2.75, 3.05) is 0 Å². The summed E-state index contributed by atoms with van der Waals surface area (Å²) < 4.78 is 18.3. The SMILES string of the molecule is NC(N)=NN=Cc1ccc(OCc2ccc(F)cc2)c([N+](=O)[O-])c1. The van der Waals surface area contributed by atoms with Gasteiger partial charge in [-0.05, 0) is 29.8 Å². The van der Waals surface area contributed by atoms with Gasteiger partial charge in [-0.25, -0.2) is 4.39 Å². The van der Waals surface area contributed by atoms with Gasteiger partial charge in [0.2, 0.25) is 5.96 Å². The van der Waals surface area contributed by atoms with E-state index >= 15 is 0 Å². The highest BCUT2D eigenvalue weighted by Gasteiger charge is 2.15. The Morgan fingerprint density at radius 3 is 2.58 bits per heavy atom. The fourth-order valence-corrected chi connectivity index (χ4v) is 1.78. The van der Waals surface area contributed by atoms with Crippen LogP contribution in [-0.2, 0) is 6.61 Å². The monoisotopic (exact) mass is 331 g/mol. The summed E-state index contributed by atoms with van der Waals surface area (Å²) in [6, 6.07) is 9.95. The van der Waals surface area contributed by atoms with Gasteiger partial charge in [0.05, 0.1) is 11.1 Å². The normalized spacial score (nSPS) is 10.5. The lowest BCUT2D eigenvalue weighted by Gasteiger charge is -2.07. The second-order valence-electron chi connectivity index (χ2n) is 4.67. The molecule has 9 heteroatoms. The van der Waals surface area contributed by atoms with E-state index in [0.29, 0.717) is 11.1 Å². The Hall–Kier alpha value is -3.49. The molecule has 2 rings (SSSR count). The molecule has 0 atom stereocenters. The van der Waals surface area contributed by atoms with Crippen LogP contribution in [0.3, 0.4) is 0 Å². The number of guanidine groups is 1. The fourth-order valence-electron chi connectivity index (χ4n) is 1.78. The van der Waals surface area contributed by atoms with E-state index in [9.17, 15) is 14.5 Å². The summed E-state index contributed by atoms with van der Waals surface area (Å²) in [5.74, 6) is -0.502. The molecule has 0 bridgehead atoms. The van der Waals surface area contributed by atoms with Crippen molar-refractivity contribution in [3.05, 3.63) is 69.5 Å². The van der Waals surface area contributed by atoms with Gasteiger partial charge in [0, 0.05) is 11.6 Å². The van der Waals surface area contributed by atoms with Gasteiger partial charge < -0.3 is 16.2 Å². The number of nitro benzene ring substituents is 1. The molecule has 0 amide bonds. The van der Waals surface area contributed by atoms with E-state index in [-0.39, 0.29) is 29.8 Å². The Bertz CT molecular complexity index is 786. The molecule has 0 heterocycles. The molecule has 2 aromatic rings. The zero-order valence-electron chi connectivity index (χ0n) is 12.4. The molecule has 0 saturated heterocycles. The van der Waals surface area contributed by atoms with E-state index in [1.54, 1.807) is 6.07 Å². The molecule has 8 nitrogen and oxygen atoms in total. The number of nitrogens with zero attached hydrogens (tertiary/aromatic N) is 3. The van der Waals surface area contributed by atoms with Gasteiger partial charge in [-0.15, -0.1) is 5.10 Å². The number of hydrogen-bond acceptors (Lipinski definition) is 5. The lowest BCUT2D eigenvalue weighted by atomic mass is 10.2. The Balaban J connectivity index is 2.17. The van der Waals surface area contributed by atoms with Crippen LogP contribution in [0.15, 0.2) is 52.7 Å². The van der Waals surface area contributed by atoms with Crippen molar-refractivity contribution in [1.29, 1.82) is 0 Å². The molecule has 0 fully saturated rings. The second kappa shape index (κ2) is 7.68. The molecular weight excluding hydrogens is 317 g/mol. The number of ether oxygens (including phenoxy) is 1. The highest BCUT2D eigenvalue weighted by molar-refractivity contribution is 5.83. The van der Waals surface area contributed by atoms with Crippen LogP contribution >= 0.6 is 0 Å². The molecule has 0 spiro atoms. The van der Waals surface area contributed by atoms with Crippen molar-refractivity contribution in [3.63, 3.8) is 0 Å². The summed E-state index contributed by atoms with van der Waals surface area (Å²) in [6.45, 7) is 0.0720. The lowest BCUT2D eigenvalue weighted by Crippen LogP contribution is -2.21. The summed E-state index contributed by atoms with van der Waals surface area (Å²) in [4.78, 5) is 10.6. The molecule has 0 radical (unpaired) electrons. The van der Waals surface area contributed by atoms with E-state index in [4.69, 9.17) is 16.2 Å². The van der Waals surface area contributed by atoms with Crippen molar-refractivity contribution in [2.24, 2.45) is 21.7 Å². The molecule has 0 aliphatic heterocycles. The largest absolute Gasteiger partial charge is 0.482 e. The van der Waals surface area contributed by atoms with E-state index < -0.39 is 4.92 Å². The summed E-state index contributed by atoms with van der Waals surface area (Å²) in [7, 11) is 0.